The Hall–Kier alpha value is -2.26. The molecule has 0 unspecified atom stereocenters. The summed E-state index contributed by atoms with van der Waals surface area (Å²) in [5.74, 6) is 0.884. The van der Waals surface area contributed by atoms with Gasteiger partial charge in [0, 0.05) is 18.5 Å². The van der Waals surface area contributed by atoms with Gasteiger partial charge in [-0.05, 0) is 31.7 Å². The number of hydrogen-bond donors (Lipinski definition) is 0. The van der Waals surface area contributed by atoms with Crippen LogP contribution in [0.25, 0.3) is 0 Å². The second kappa shape index (κ2) is 6.95. The lowest BCUT2D eigenvalue weighted by atomic mass is 10.1. The summed E-state index contributed by atoms with van der Waals surface area (Å²) in [4.78, 5) is 6.14. The molecule has 0 aliphatic carbocycles. The van der Waals surface area contributed by atoms with Gasteiger partial charge in [-0.2, -0.15) is 10.2 Å². The lowest BCUT2D eigenvalue weighted by Crippen LogP contribution is -2.18. The molecule has 0 saturated carbocycles. The van der Waals surface area contributed by atoms with Gasteiger partial charge in [0.1, 0.15) is 5.82 Å². The molecule has 1 heterocycles. The Morgan fingerprint density at radius 3 is 2.90 bits per heavy atom. The molecule has 0 N–H and O–H groups in total. The largest absolute Gasteiger partial charge is 0.338 e. The summed E-state index contributed by atoms with van der Waals surface area (Å²) in [6, 6.07) is 6.35. The van der Waals surface area contributed by atoms with Gasteiger partial charge >= 0.3 is 0 Å². The van der Waals surface area contributed by atoms with Crippen LogP contribution >= 0.6 is 0 Å². The van der Waals surface area contributed by atoms with Crippen molar-refractivity contribution in [2.24, 2.45) is 0 Å². The van der Waals surface area contributed by atoms with E-state index in [0.29, 0.717) is 35.9 Å². The van der Waals surface area contributed by atoms with Crippen LogP contribution in [0.4, 0.5) is 4.39 Å². The number of aromatic nitrogens is 2. The van der Waals surface area contributed by atoms with Crippen LogP contribution in [0.15, 0.2) is 22.7 Å². The molecule has 5 nitrogen and oxygen atoms in total. The highest BCUT2D eigenvalue weighted by atomic mass is 19.1. The minimum atomic E-state index is -0.321. The fourth-order valence-electron chi connectivity index (χ4n) is 2.02. The molecular weight excluding hydrogens is 271 g/mol. The predicted octanol–water partition coefficient (Wildman–Crippen LogP) is 2.66. The first-order valence-electron chi connectivity index (χ1n) is 6.81. The van der Waals surface area contributed by atoms with E-state index < -0.39 is 0 Å². The first kappa shape index (κ1) is 15.1. The van der Waals surface area contributed by atoms with E-state index >= 15 is 0 Å². The summed E-state index contributed by atoms with van der Waals surface area (Å²) in [6.45, 7) is 2.85. The third kappa shape index (κ3) is 4.10. The highest BCUT2D eigenvalue weighted by Gasteiger charge is 2.11. The fourth-order valence-corrected chi connectivity index (χ4v) is 2.02. The Morgan fingerprint density at radius 2 is 2.19 bits per heavy atom. The van der Waals surface area contributed by atoms with Crippen LogP contribution in [0.5, 0.6) is 0 Å². The van der Waals surface area contributed by atoms with Crippen LogP contribution in [0.2, 0.25) is 0 Å². The molecule has 2 rings (SSSR count). The van der Waals surface area contributed by atoms with Gasteiger partial charge in [0.05, 0.1) is 18.2 Å². The van der Waals surface area contributed by atoms with E-state index in [1.54, 1.807) is 6.07 Å². The van der Waals surface area contributed by atoms with E-state index in [2.05, 4.69) is 10.1 Å². The number of hydrogen-bond acceptors (Lipinski definition) is 5. The van der Waals surface area contributed by atoms with Crippen molar-refractivity contribution in [2.75, 3.05) is 7.05 Å². The Balaban J connectivity index is 2.01. The maximum absolute atomic E-state index is 13.7. The molecule has 1 aromatic heterocycles. The molecule has 0 bridgehead atoms. The van der Waals surface area contributed by atoms with Crippen molar-refractivity contribution in [3.05, 3.63) is 46.9 Å². The summed E-state index contributed by atoms with van der Waals surface area (Å²) in [6.07, 6.45) is 1.74. The van der Waals surface area contributed by atoms with Gasteiger partial charge in [-0.15, -0.1) is 0 Å². The third-order valence-corrected chi connectivity index (χ3v) is 3.00. The monoisotopic (exact) mass is 288 g/mol. The van der Waals surface area contributed by atoms with Gasteiger partial charge in [0.2, 0.25) is 5.89 Å². The van der Waals surface area contributed by atoms with Crippen LogP contribution in [-0.2, 0) is 19.5 Å². The van der Waals surface area contributed by atoms with Gasteiger partial charge in [0.15, 0.2) is 5.82 Å². The topological polar surface area (TPSA) is 66.0 Å². The summed E-state index contributed by atoms with van der Waals surface area (Å²) in [7, 11) is 1.84. The molecule has 21 heavy (non-hydrogen) atoms. The molecule has 6 heteroatoms. The van der Waals surface area contributed by atoms with Gasteiger partial charge in [-0.3, -0.25) is 4.90 Å². The first-order valence-corrected chi connectivity index (χ1v) is 6.81. The number of nitriles is 1. The zero-order valence-corrected chi connectivity index (χ0v) is 12.1. The minimum absolute atomic E-state index is 0.321. The average Bonchev–Trinajstić information content (AvgIpc) is 2.89. The predicted molar refractivity (Wildman–Crippen MR) is 74.6 cm³/mol. The lowest BCUT2D eigenvalue weighted by molar-refractivity contribution is 0.257. The minimum Gasteiger partial charge on any atom is -0.338 e. The number of rotatable bonds is 6. The maximum atomic E-state index is 13.7. The second-order valence-corrected chi connectivity index (χ2v) is 4.94. The Morgan fingerprint density at radius 1 is 1.38 bits per heavy atom. The third-order valence-electron chi connectivity index (χ3n) is 3.00. The van der Waals surface area contributed by atoms with Gasteiger partial charge in [-0.1, -0.05) is 12.1 Å². The average molecular weight is 288 g/mol. The van der Waals surface area contributed by atoms with Gasteiger partial charge in [0.25, 0.3) is 0 Å². The van der Waals surface area contributed by atoms with E-state index in [-0.39, 0.29) is 5.82 Å². The normalized spacial score (nSPS) is 10.8. The zero-order chi connectivity index (χ0) is 15.2. The molecule has 0 amide bonds. The molecule has 2 aromatic rings. The molecule has 0 saturated heterocycles. The number of halogens is 1. The summed E-state index contributed by atoms with van der Waals surface area (Å²) in [5.41, 5.74) is 0.924. The molecule has 1 aromatic carbocycles. The van der Waals surface area contributed by atoms with E-state index in [1.807, 2.05) is 24.9 Å². The van der Waals surface area contributed by atoms with Crippen molar-refractivity contribution in [3.8, 4) is 6.07 Å². The molecule has 0 aliphatic heterocycles. The molecule has 110 valence electrons. The van der Waals surface area contributed by atoms with Crippen LogP contribution in [0.1, 0.15) is 36.2 Å². The Bertz CT molecular complexity index is 647. The van der Waals surface area contributed by atoms with Crippen molar-refractivity contribution in [2.45, 2.75) is 32.9 Å². The molecular formula is C15H17FN4O. The zero-order valence-electron chi connectivity index (χ0n) is 12.1. The Kier molecular flexibility index (Phi) is 5.01. The van der Waals surface area contributed by atoms with E-state index in [0.717, 1.165) is 12.8 Å². The second-order valence-electron chi connectivity index (χ2n) is 4.94. The van der Waals surface area contributed by atoms with E-state index in [4.69, 9.17) is 9.78 Å². The van der Waals surface area contributed by atoms with Crippen molar-refractivity contribution >= 4 is 0 Å². The molecule has 0 spiro atoms. The lowest BCUT2D eigenvalue weighted by Gasteiger charge is -2.14. The standard InChI is InChI=1S/C15H17FN4O/c1-3-4-14-18-15(21-19-14)10-20(2)9-12-7-11(8-17)5-6-13(12)16/h5-7H,3-4,9-10H2,1-2H3. The SMILES string of the molecule is CCCc1noc(CN(C)Cc2cc(C#N)ccc2F)n1. The van der Waals surface area contributed by atoms with E-state index in [9.17, 15) is 4.39 Å². The number of nitrogens with zero attached hydrogens (tertiary/aromatic N) is 4. The van der Waals surface area contributed by atoms with E-state index in [1.165, 1.54) is 12.1 Å². The van der Waals surface area contributed by atoms with Crippen LogP contribution in [0, 0.1) is 17.1 Å². The van der Waals surface area contributed by atoms with Crippen LogP contribution in [-0.4, -0.2) is 22.1 Å². The summed E-state index contributed by atoms with van der Waals surface area (Å²) < 4.78 is 18.9. The number of aryl methyl sites for hydroxylation is 1. The summed E-state index contributed by atoms with van der Waals surface area (Å²) >= 11 is 0. The first-order chi connectivity index (χ1) is 10.1. The van der Waals surface area contributed by atoms with Gasteiger partial charge < -0.3 is 4.52 Å². The smallest absolute Gasteiger partial charge is 0.240 e. The van der Waals surface area contributed by atoms with Crippen LogP contribution in [0.3, 0.4) is 0 Å². The highest BCUT2D eigenvalue weighted by Crippen LogP contribution is 2.13. The molecule has 0 radical (unpaired) electrons. The van der Waals surface area contributed by atoms with Crippen molar-refractivity contribution in [3.63, 3.8) is 0 Å². The molecule has 0 aliphatic rings. The highest BCUT2D eigenvalue weighted by molar-refractivity contribution is 5.33. The Labute approximate surface area is 123 Å². The summed E-state index contributed by atoms with van der Waals surface area (Å²) in [5, 5.41) is 12.7. The van der Waals surface area contributed by atoms with Crippen molar-refractivity contribution in [1.29, 1.82) is 5.26 Å². The maximum Gasteiger partial charge on any atom is 0.240 e. The number of benzene rings is 1. The quantitative estimate of drug-likeness (QED) is 0.817. The van der Waals surface area contributed by atoms with Crippen molar-refractivity contribution < 1.29 is 8.91 Å². The molecule has 0 fully saturated rings. The van der Waals surface area contributed by atoms with Crippen LogP contribution < -0.4 is 0 Å². The van der Waals surface area contributed by atoms with Gasteiger partial charge in [-0.25, -0.2) is 4.39 Å². The molecule has 0 atom stereocenters. The van der Waals surface area contributed by atoms with Crippen molar-refractivity contribution in [1.82, 2.24) is 15.0 Å². The fraction of sp³-hybridized carbons (Fsp3) is 0.400.